The molecule has 21 heavy (non-hydrogen) atoms. The summed E-state index contributed by atoms with van der Waals surface area (Å²) < 4.78 is 0.776. The van der Waals surface area contributed by atoms with E-state index in [4.69, 9.17) is 5.11 Å². The number of carboxylic acids is 1. The van der Waals surface area contributed by atoms with E-state index >= 15 is 0 Å². The number of aromatic nitrogens is 2. The fraction of sp³-hybridized carbons (Fsp3) is 0.133. The standard InChI is InChI=1S/C15H12N2O2S2/c1-9-13(14(18)19)21-15(17-9)20-8-11-5-2-4-10-6-3-7-16-12(10)11/h2-7H,8H2,1H3,(H,18,19). The summed E-state index contributed by atoms with van der Waals surface area (Å²) in [7, 11) is 0. The van der Waals surface area contributed by atoms with E-state index in [0.29, 0.717) is 10.6 Å². The average Bonchev–Trinajstić information content (AvgIpc) is 2.86. The monoisotopic (exact) mass is 316 g/mol. The SMILES string of the molecule is Cc1nc(SCc2cccc3cccnc23)sc1C(=O)O. The number of thioether (sulfide) groups is 1. The number of rotatable bonds is 4. The van der Waals surface area contributed by atoms with Crippen LogP contribution in [-0.4, -0.2) is 21.0 Å². The molecule has 0 unspecified atom stereocenters. The van der Waals surface area contributed by atoms with Gasteiger partial charge in [-0.2, -0.15) is 0 Å². The fourth-order valence-electron chi connectivity index (χ4n) is 2.06. The van der Waals surface area contributed by atoms with Gasteiger partial charge >= 0.3 is 5.97 Å². The number of fused-ring (bicyclic) bond motifs is 1. The van der Waals surface area contributed by atoms with Crippen LogP contribution in [0.25, 0.3) is 10.9 Å². The number of nitrogens with zero attached hydrogens (tertiary/aromatic N) is 2. The van der Waals surface area contributed by atoms with Gasteiger partial charge in [0.15, 0.2) is 4.34 Å². The van der Waals surface area contributed by atoms with Gasteiger partial charge in [0.25, 0.3) is 0 Å². The van der Waals surface area contributed by atoms with Gasteiger partial charge in [-0.3, -0.25) is 4.98 Å². The highest BCUT2D eigenvalue weighted by Gasteiger charge is 2.14. The first-order valence-corrected chi connectivity index (χ1v) is 8.11. The zero-order chi connectivity index (χ0) is 14.8. The molecule has 2 heterocycles. The number of para-hydroxylation sites is 1. The number of aromatic carboxylic acids is 1. The Bertz CT molecular complexity index is 809. The number of pyridine rings is 1. The molecule has 3 aromatic rings. The van der Waals surface area contributed by atoms with E-state index in [0.717, 1.165) is 26.6 Å². The van der Waals surface area contributed by atoms with Gasteiger partial charge in [-0.05, 0) is 18.6 Å². The third kappa shape index (κ3) is 2.91. The summed E-state index contributed by atoms with van der Waals surface area (Å²) in [6.45, 7) is 1.73. The van der Waals surface area contributed by atoms with Crippen molar-refractivity contribution in [1.82, 2.24) is 9.97 Å². The Morgan fingerprint density at radius 3 is 2.90 bits per heavy atom. The predicted molar refractivity (Wildman–Crippen MR) is 85.1 cm³/mol. The first-order valence-electron chi connectivity index (χ1n) is 6.31. The Morgan fingerprint density at radius 1 is 1.33 bits per heavy atom. The van der Waals surface area contributed by atoms with Crippen molar-refractivity contribution in [3.63, 3.8) is 0 Å². The maximum atomic E-state index is 11.0. The van der Waals surface area contributed by atoms with E-state index in [9.17, 15) is 4.79 Å². The highest BCUT2D eigenvalue weighted by atomic mass is 32.2. The van der Waals surface area contributed by atoms with E-state index in [1.807, 2.05) is 30.3 Å². The van der Waals surface area contributed by atoms with Gasteiger partial charge in [0, 0.05) is 17.3 Å². The van der Waals surface area contributed by atoms with Crippen LogP contribution in [0.1, 0.15) is 20.9 Å². The zero-order valence-electron chi connectivity index (χ0n) is 11.2. The molecule has 0 aliphatic carbocycles. The van der Waals surface area contributed by atoms with Gasteiger partial charge in [-0.15, -0.1) is 11.3 Å². The van der Waals surface area contributed by atoms with Crippen molar-refractivity contribution < 1.29 is 9.90 Å². The van der Waals surface area contributed by atoms with Crippen LogP contribution in [0.3, 0.4) is 0 Å². The van der Waals surface area contributed by atoms with Gasteiger partial charge in [0.05, 0.1) is 11.2 Å². The lowest BCUT2D eigenvalue weighted by Gasteiger charge is -2.03. The van der Waals surface area contributed by atoms with E-state index in [1.54, 1.807) is 24.9 Å². The summed E-state index contributed by atoms with van der Waals surface area (Å²) in [5, 5.41) is 10.2. The Kier molecular flexibility index (Phi) is 3.90. The summed E-state index contributed by atoms with van der Waals surface area (Å²) >= 11 is 2.77. The molecule has 0 saturated carbocycles. The molecule has 0 amide bonds. The lowest BCUT2D eigenvalue weighted by atomic mass is 10.1. The molecule has 2 aromatic heterocycles. The second-order valence-electron chi connectivity index (χ2n) is 4.48. The Labute approximate surface area is 129 Å². The van der Waals surface area contributed by atoms with Crippen LogP contribution in [0, 0.1) is 6.92 Å². The van der Waals surface area contributed by atoms with E-state index in [-0.39, 0.29) is 0 Å². The molecule has 0 spiro atoms. The lowest BCUT2D eigenvalue weighted by Crippen LogP contribution is -1.94. The van der Waals surface area contributed by atoms with Crippen molar-refractivity contribution in [2.24, 2.45) is 0 Å². The number of carboxylic acid groups (broad SMARTS) is 1. The van der Waals surface area contributed by atoms with Crippen LogP contribution < -0.4 is 0 Å². The quantitative estimate of drug-likeness (QED) is 0.737. The van der Waals surface area contributed by atoms with Crippen molar-refractivity contribution in [2.75, 3.05) is 0 Å². The molecule has 0 atom stereocenters. The summed E-state index contributed by atoms with van der Waals surface area (Å²) in [6.07, 6.45) is 1.78. The highest BCUT2D eigenvalue weighted by Crippen LogP contribution is 2.31. The van der Waals surface area contributed by atoms with Crippen LogP contribution in [-0.2, 0) is 5.75 Å². The molecule has 0 fully saturated rings. The first kappa shape index (κ1) is 14.0. The highest BCUT2D eigenvalue weighted by molar-refractivity contribution is 8.00. The molecule has 0 saturated heterocycles. The summed E-state index contributed by atoms with van der Waals surface area (Å²) in [5.41, 5.74) is 2.69. The average molecular weight is 316 g/mol. The molecule has 6 heteroatoms. The van der Waals surface area contributed by atoms with Crippen LogP contribution in [0.5, 0.6) is 0 Å². The molecular formula is C15H12N2O2S2. The molecule has 1 aromatic carbocycles. The van der Waals surface area contributed by atoms with Crippen molar-refractivity contribution in [1.29, 1.82) is 0 Å². The maximum Gasteiger partial charge on any atom is 0.347 e. The number of aryl methyl sites for hydroxylation is 1. The molecule has 0 bridgehead atoms. The minimum atomic E-state index is -0.913. The van der Waals surface area contributed by atoms with Gasteiger partial charge in [-0.25, -0.2) is 9.78 Å². The van der Waals surface area contributed by atoms with Gasteiger partial charge in [0.1, 0.15) is 4.88 Å². The van der Waals surface area contributed by atoms with Crippen LogP contribution in [0.4, 0.5) is 0 Å². The number of hydrogen-bond acceptors (Lipinski definition) is 5. The Morgan fingerprint density at radius 2 is 2.14 bits per heavy atom. The zero-order valence-corrected chi connectivity index (χ0v) is 12.9. The molecule has 0 radical (unpaired) electrons. The van der Waals surface area contributed by atoms with Crippen LogP contribution >= 0.6 is 23.1 Å². The predicted octanol–water partition coefficient (Wildman–Crippen LogP) is 3.99. The van der Waals surface area contributed by atoms with Crippen LogP contribution in [0.15, 0.2) is 40.9 Å². The molecule has 0 aliphatic rings. The second kappa shape index (κ2) is 5.83. The number of carbonyl (C=O) groups is 1. The van der Waals surface area contributed by atoms with E-state index < -0.39 is 5.97 Å². The fourth-order valence-corrected chi connectivity index (χ4v) is 4.07. The molecule has 4 nitrogen and oxygen atoms in total. The Balaban J connectivity index is 1.84. The van der Waals surface area contributed by atoms with Crippen molar-refractivity contribution in [3.8, 4) is 0 Å². The van der Waals surface area contributed by atoms with Crippen LogP contribution in [0.2, 0.25) is 0 Å². The van der Waals surface area contributed by atoms with Crippen molar-refractivity contribution in [3.05, 3.63) is 52.7 Å². The molecule has 3 rings (SSSR count). The number of benzene rings is 1. The third-order valence-electron chi connectivity index (χ3n) is 3.04. The largest absolute Gasteiger partial charge is 0.477 e. The summed E-state index contributed by atoms with van der Waals surface area (Å²) in [4.78, 5) is 20.1. The molecule has 1 N–H and O–H groups in total. The maximum absolute atomic E-state index is 11.0. The summed E-state index contributed by atoms with van der Waals surface area (Å²) in [5.74, 6) is -0.191. The Hall–Kier alpha value is -1.92. The minimum Gasteiger partial charge on any atom is -0.477 e. The smallest absolute Gasteiger partial charge is 0.347 e. The molecule has 106 valence electrons. The van der Waals surface area contributed by atoms with Crippen molar-refractivity contribution >= 4 is 40.0 Å². The number of thiazole rings is 1. The van der Waals surface area contributed by atoms with Crippen molar-refractivity contribution in [2.45, 2.75) is 17.0 Å². The normalized spacial score (nSPS) is 10.9. The van der Waals surface area contributed by atoms with Gasteiger partial charge < -0.3 is 5.11 Å². The molecule has 0 aliphatic heterocycles. The number of hydrogen-bond donors (Lipinski definition) is 1. The van der Waals surface area contributed by atoms with E-state index in [2.05, 4.69) is 9.97 Å². The lowest BCUT2D eigenvalue weighted by molar-refractivity contribution is 0.0701. The minimum absolute atomic E-state index is 0.313. The molecular weight excluding hydrogens is 304 g/mol. The van der Waals surface area contributed by atoms with Gasteiger partial charge in [0.2, 0.25) is 0 Å². The summed E-state index contributed by atoms with van der Waals surface area (Å²) in [6, 6.07) is 10.0. The second-order valence-corrected chi connectivity index (χ2v) is 6.70. The van der Waals surface area contributed by atoms with Gasteiger partial charge in [-0.1, -0.05) is 36.0 Å². The first-order chi connectivity index (χ1) is 10.1. The van der Waals surface area contributed by atoms with E-state index in [1.165, 1.54) is 11.3 Å². The topological polar surface area (TPSA) is 63.1 Å². The third-order valence-corrected chi connectivity index (χ3v) is 5.38.